The lowest BCUT2D eigenvalue weighted by Gasteiger charge is -2.17. The maximum absolute atomic E-state index is 10.8. The van der Waals surface area contributed by atoms with Gasteiger partial charge in [-0.2, -0.15) is 0 Å². The van der Waals surface area contributed by atoms with Crippen molar-refractivity contribution >= 4 is 5.97 Å². The summed E-state index contributed by atoms with van der Waals surface area (Å²) in [4.78, 5) is 10.8. The predicted octanol–water partition coefficient (Wildman–Crippen LogP) is -0.00230. The fourth-order valence-corrected chi connectivity index (χ4v) is 2.11. The molecule has 1 aliphatic heterocycles. The number of carboxylic acids is 1. The molecule has 104 valence electrons. The van der Waals surface area contributed by atoms with Crippen LogP contribution in [0.2, 0.25) is 0 Å². The first-order valence-electron chi connectivity index (χ1n) is 6.01. The predicted molar refractivity (Wildman–Crippen MR) is 67.0 cm³/mol. The Morgan fingerprint density at radius 1 is 1.47 bits per heavy atom. The zero-order valence-electron chi connectivity index (χ0n) is 10.6. The molecule has 0 spiro atoms. The maximum atomic E-state index is 10.8. The molecule has 2 rings (SSSR count). The minimum absolute atomic E-state index is 0.264. The van der Waals surface area contributed by atoms with Gasteiger partial charge in [0.25, 0.3) is 0 Å². The molecule has 3 N–H and O–H groups in total. The maximum Gasteiger partial charge on any atom is 0.323 e. The largest absolute Gasteiger partial charge is 0.496 e. The first kappa shape index (κ1) is 13.8. The Balaban J connectivity index is 1.94. The van der Waals surface area contributed by atoms with Gasteiger partial charge < -0.3 is 19.7 Å². The van der Waals surface area contributed by atoms with Gasteiger partial charge in [-0.25, -0.2) is 0 Å². The third-order valence-electron chi connectivity index (χ3n) is 3.17. The molecule has 3 atom stereocenters. The van der Waals surface area contributed by atoms with Crippen molar-refractivity contribution in [2.75, 3.05) is 13.7 Å². The van der Waals surface area contributed by atoms with Gasteiger partial charge in [-0.1, -0.05) is 18.2 Å². The van der Waals surface area contributed by atoms with E-state index in [2.05, 4.69) is 5.32 Å². The van der Waals surface area contributed by atoms with E-state index in [-0.39, 0.29) is 6.61 Å². The van der Waals surface area contributed by atoms with E-state index in [4.69, 9.17) is 14.6 Å². The standard InChI is InChI=1S/C13H17NO5/c1-18-9-5-3-2-4-8(9)7-19-10-6-14-11(12(10)15)13(16)17/h2-5,10-12,14-15H,6-7H2,1H3,(H,16,17)/t10?,11-,12?/m0/s1. The molecule has 1 aromatic rings. The molecule has 0 aromatic heterocycles. The third-order valence-corrected chi connectivity index (χ3v) is 3.17. The van der Waals surface area contributed by atoms with Gasteiger partial charge in [0.15, 0.2) is 0 Å². The van der Waals surface area contributed by atoms with Crippen LogP contribution >= 0.6 is 0 Å². The molecule has 1 heterocycles. The molecule has 2 unspecified atom stereocenters. The number of nitrogens with one attached hydrogen (secondary N) is 1. The highest BCUT2D eigenvalue weighted by Gasteiger charge is 2.39. The summed E-state index contributed by atoms with van der Waals surface area (Å²) in [6.45, 7) is 0.576. The number of aliphatic hydroxyl groups excluding tert-OH is 1. The SMILES string of the molecule is COc1ccccc1COC1CN[C@H](C(=O)O)C1O. The van der Waals surface area contributed by atoms with E-state index in [1.54, 1.807) is 7.11 Å². The fraction of sp³-hybridized carbons (Fsp3) is 0.462. The number of para-hydroxylation sites is 1. The monoisotopic (exact) mass is 267 g/mol. The molecule has 1 fully saturated rings. The Kier molecular flexibility index (Phi) is 4.36. The molecular formula is C13H17NO5. The van der Waals surface area contributed by atoms with E-state index in [0.717, 1.165) is 5.56 Å². The molecular weight excluding hydrogens is 250 g/mol. The Labute approximate surface area is 111 Å². The van der Waals surface area contributed by atoms with Gasteiger partial charge in [0, 0.05) is 12.1 Å². The zero-order valence-corrected chi connectivity index (χ0v) is 10.6. The van der Waals surface area contributed by atoms with Crippen LogP contribution in [0.3, 0.4) is 0 Å². The number of benzene rings is 1. The molecule has 1 aromatic carbocycles. The minimum atomic E-state index is -1.07. The van der Waals surface area contributed by atoms with Gasteiger partial charge in [0.1, 0.15) is 17.9 Å². The summed E-state index contributed by atoms with van der Waals surface area (Å²) in [5.74, 6) is -0.367. The highest BCUT2D eigenvalue weighted by molar-refractivity contribution is 5.74. The van der Waals surface area contributed by atoms with Gasteiger partial charge in [-0.15, -0.1) is 0 Å². The van der Waals surface area contributed by atoms with E-state index in [1.807, 2.05) is 24.3 Å². The van der Waals surface area contributed by atoms with Crippen molar-refractivity contribution < 1.29 is 24.5 Å². The summed E-state index contributed by atoms with van der Waals surface area (Å²) < 4.78 is 10.8. The van der Waals surface area contributed by atoms with E-state index < -0.39 is 24.2 Å². The van der Waals surface area contributed by atoms with Gasteiger partial charge >= 0.3 is 5.97 Å². The molecule has 1 aliphatic rings. The van der Waals surface area contributed by atoms with Gasteiger partial charge in [-0.3, -0.25) is 10.1 Å². The zero-order chi connectivity index (χ0) is 13.8. The summed E-state index contributed by atoms with van der Waals surface area (Å²) in [6.07, 6.45) is -1.58. The van der Waals surface area contributed by atoms with Crippen LogP contribution in [-0.4, -0.2) is 48.1 Å². The summed E-state index contributed by atoms with van der Waals surface area (Å²) in [5, 5.41) is 21.4. The molecule has 19 heavy (non-hydrogen) atoms. The number of carboxylic acid groups (broad SMARTS) is 1. The molecule has 0 saturated carbocycles. The number of aliphatic carboxylic acids is 1. The van der Waals surface area contributed by atoms with Crippen LogP contribution in [0.15, 0.2) is 24.3 Å². The quantitative estimate of drug-likeness (QED) is 0.696. The molecule has 6 nitrogen and oxygen atoms in total. The molecule has 1 saturated heterocycles. The Bertz CT molecular complexity index is 450. The lowest BCUT2D eigenvalue weighted by molar-refractivity contribution is -0.142. The number of hydrogen-bond acceptors (Lipinski definition) is 5. The normalized spacial score (nSPS) is 26.3. The second-order valence-electron chi connectivity index (χ2n) is 4.38. The number of aliphatic hydroxyl groups is 1. The van der Waals surface area contributed by atoms with Crippen LogP contribution in [0.1, 0.15) is 5.56 Å². The van der Waals surface area contributed by atoms with Crippen molar-refractivity contribution in [3.05, 3.63) is 29.8 Å². The summed E-state index contributed by atoms with van der Waals surface area (Å²) >= 11 is 0. The van der Waals surface area contributed by atoms with Gasteiger partial charge in [0.05, 0.1) is 19.8 Å². The second-order valence-corrected chi connectivity index (χ2v) is 4.38. The Morgan fingerprint density at radius 3 is 2.84 bits per heavy atom. The average Bonchev–Trinajstić information content (AvgIpc) is 2.78. The fourth-order valence-electron chi connectivity index (χ4n) is 2.11. The van der Waals surface area contributed by atoms with E-state index in [0.29, 0.717) is 12.3 Å². The third kappa shape index (κ3) is 3.04. The van der Waals surface area contributed by atoms with Crippen molar-refractivity contribution in [2.45, 2.75) is 24.9 Å². The van der Waals surface area contributed by atoms with Crippen molar-refractivity contribution in [1.82, 2.24) is 5.32 Å². The first-order chi connectivity index (χ1) is 9.13. The molecule has 0 amide bonds. The summed E-state index contributed by atoms with van der Waals surface area (Å²) in [6, 6.07) is 6.44. The number of ether oxygens (including phenoxy) is 2. The smallest absolute Gasteiger partial charge is 0.323 e. The van der Waals surface area contributed by atoms with Crippen LogP contribution in [0, 0.1) is 0 Å². The highest BCUT2D eigenvalue weighted by atomic mass is 16.5. The second kappa shape index (κ2) is 6.01. The van der Waals surface area contributed by atoms with E-state index in [9.17, 15) is 9.90 Å². The molecule has 0 bridgehead atoms. The van der Waals surface area contributed by atoms with Crippen molar-refractivity contribution in [1.29, 1.82) is 0 Å². The number of methoxy groups -OCH3 is 1. The minimum Gasteiger partial charge on any atom is -0.496 e. The van der Waals surface area contributed by atoms with Crippen LogP contribution in [-0.2, 0) is 16.1 Å². The van der Waals surface area contributed by atoms with Crippen molar-refractivity contribution in [3.8, 4) is 5.75 Å². The van der Waals surface area contributed by atoms with Crippen LogP contribution in [0.25, 0.3) is 0 Å². The van der Waals surface area contributed by atoms with E-state index in [1.165, 1.54) is 0 Å². The Morgan fingerprint density at radius 2 is 2.21 bits per heavy atom. The molecule has 0 radical (unpaired) electrons. The first-order valence-corrected chi connectivity index (χ1v) is 6.01. The van der Waals surface area contributed by atoms with Crippen molar-refractivity contribution in [2.24, 2.45) is 0 Å². The topological polar surface area (TPSA) is 88.0 Å². The number of carbonyl (C=O) groups is 1. The molecule has 6 heteroatoms. The van der Waals surface area contributed by atoms with Crippen LogP contribution in [0.5, 0.6) is 5.75 Å². The summed E-state index contributed by atoms with van der Waals surface area (Å²) in [7, 11) is 1.57. The van der Waals surface area contributed by atoms with Crippen LogP contribution < -0.4 is 10.1 Å². The van der Waals surface area contributed by atoms with Crippen molar-refractivity contribution in [3.63, 3.8) is 0 Å². The van der Waals surface area contributed by atoms with E-state index >= 15 is 0 Å². The van der Waals surface area contributed by atoms with Gasteiger partial charge in [0.2, 0.25) is 0 Å². The lowest BCUT2D eigenvalue weighted by Crippen LogP contribution is -2.40. The molecule has 0 aliphatic carbocycles. The average molecular weight is 267 g/mol. The van der Waals surface area contributed by atoms with Crippen LogP contribution in [0.4, 0.5) is 0 Å². The lowest BCUT2D eigenvalue weighted by atomic mass is 10.1. The van der Waals surface area contributed by atoms with Gasteiger partial charge in [-0.05, 0) is 6.07 Å². The summed E-state index contributed by atoms with van der Waals surface area (Å²) in [5.41, 5.74) is 0.857. The Hall–Kier alpha value is -1.63. The number of hydrogen-bond donors (Lipinski definition) is 3. The number of rotatable bonds is 5. The highest BCUT2D eigenvalue weighted by Crippen LogP contribution is 2.20.